The highest BCUT2D eigenvalue weighted by Crippen LogP contribution is 2.28. The van der Waals surface area contributed by atoms with Gasteiger partial charge < -0.3 is 15.2 Å². The Labute approximate surface area is 141 Å². The van der Waals surface area contributed by atoms with E-state index in [1.165, 1.54) is 12.1 Å². The first kappa shape index (κ1) is 17.2. The van der Waals surface area contributed by atoms with Gasteiger partial charge in [0.15, 0.2) is 6.61 Å². The monoisotopic (exact) mass is 333 g/mol. The summed E-state index contributed by atoms with van der Waals surface area (Å²) in [6, 6.07) is 10.4. The normalized spacial score (nSPS) is 10.7. The van der Waals surface area contributed by atoms with Gasteiger partial charge in [0, 0.05) is 5.02 Å². The first-order chi connectivity index (χ1) is 10.9. The van der Waals surface area contributed by atoms with Gasteiger partial charge in [0.1, 0.15) is 11.5 Å². The van der Waals surface area contributed by atoms with Crippen molar-refractivity contribution < 1.29 is 14.6 Å². The van der Waals surface area contributed by atoms with Crippen LogP contribution < -0.4 is 10.1 Å². The van der Waals surface area contributed by atoms with Crippen molar-refractivity contribution in [3.05, 3.63) is 52.5 Å². The number of phenols is 1. The standard InChI is InChI=1S/C18H20ClNO3/c1-11(2)14-6-4-12(3)8-17(14)23-10-18(22)20-15-9-13(19)5-7-16(15)21/h4-9,11,21H,10H2,1-3H3,(H,20,22). The molecule has 0 saturated heterocycles. The van der Waals surface area contributed by atoms with Crippen molar-refractivity contribution in [2.45, 2.75) is 26.7 Å². The fraction of sp³-hybridized carbons (Fsp3) is 0.278. The minimum atomic E-state index is -0.362. The maximum Gasteiger partial charge on any atom is 0.262 e. The zero-order chi connectivity index (χ0) is 17.0. The molecular weight excluding hydrogens is 314 g/mol. The Balaban J connectivity index is 2.05. The minimum absolute atomic E-state index is 0.0406. The number of hydrogen-bond donors (Lipinski definition) is 2. The number of aromatic hydroxyl groups is 1. The summed E-state index contributed by atoms with van der Waals surface area (Å²) in [5.74, 6) is 0.594. The van der Waals surface area contributed by atoms with Gasteiger partial charge >= 0.3 is 0 Å². The molecule has 4 nitrogen and oxygen atoms in total. The number of carbonyl (C=O) groups excluding carboxylic acids is 1. The molecular formula is C18H20ClNO3. The number of halogens is 1. The maximum absolute atomic E-state index is 12.0. The quantitative estimate of drug-likeness (QED) is 0.792. The van der Waals surface area contributed by atoms with Crippen LogP contribution in [0.4, 0.5) is 5.69 Å². The van der Waals surface area contributed by atoms with Crippen molar-refractivity contribution in [2.75, 3.05) is 11.9 Å². The summed E-state index contributed by atoms with van der Waals surface area (Å²) in [5, 5.41) is 12.7. The average molecular weight is 334 g/mol. The summed E-state index contributed by atoms with van der Waals surface area (Å²) in [6.07, 6.45) is 0. The molecule has 0 unspecified atom stereocenters. The molecule has 2 aromatic carbocycles. The van der Waals surface area contributed by atoms with Crippen LogP contribution in [-0.2, 0) is 4.79 Å². The molecule has 23 heavy (non-hydrogen) atoms. The van der Waals surface area contributed by atoms with E-state index in [0.29, 0.717) is 16.7 Å². The molecule has 0 atom stereocenters. The molecule has 122 valence electrons. The van der Waals surface area contributed by atoms with Crippen LogP contribution in [-0.4, -0.2) is 17.6 Å². The van der Waals surface area contributed by atoms with Gasteiger partial charge in [-0.1, -0.05) is 37.6 Å². The van der Waals surface area contributed by atoms with E-state index in [-0.39, 0.29) is 24.0 Å². The summed E-state index contributed by atoms with van der Waals surface area (Å²) in [5.41, 5.74) is 2.38. The highest BCUT2D eigenvalue weighted by molar-refractivity contribution is 6.31. The topological polar surface area (TPSA) is 58.6 Å². The van der Waals surface area contributed by atoms with Gasteiger partial charge in [-0.2, -0.15) is 0 Å². The number of benzene rings is 2. The summed E-state index contributed by atoms with van der Waals surface area (Å²) >= 11 is 5.85. The van der Waals surface area contributed by atoms with Gasteiger partial charge in [-0.25, -0.2) is 0 Å². The average Bonchev–Trinajstić information content (AvgIpc) is 2.48. The van der Waals surface area contributed by atoms with Crippen LogP contribution in [0.15, 0.2) is 36.4 Å². The molecule has 0 aliphatic rings. The Bertz CT molecular complexity index is 713. The van der Waals surface area contributed by atoms with Gasteiger partial charge in [0.2, 0.25) is 0 Å². The number of rotatable bonds is 5. The number of aryl methyl sites for hydroxylation is 1. The van der Waals surface area contributed by atoms with Crippen LogP contribution in [0.2, 0.25) is 5.02 Å². The molecule has 0 fully saturated rings. The van der Waals surface area contributed by atoms with Crippen LogP contribution in [0.25, 0.3) is 0 Å². The highest BCUT2D eigenvalue weighted by Gasteiger charge is 2.12. The van der Waals surface area contributed by atoms with Crippen LogP contribution in [0.3, 0.4) is 0 Å². The van der Waals surface area contributed by atoms with Gasteiger partial charge in [0.25, 0.3) is 5.91 Å². The predicted molar refractivity (Wildman–Crippen MR) is 92.5 cm³/mol. The Morgan fingerprint density at radius 1 is 1.26 bits per heavy atom. The third kappa shape index (κ3) is 4.63. The second-order valence-electron chi connectivity index (χ2n) is 5.69. The molecule has 0 aliphatic heterocycles. The van der Waals surface area contributed by atoms with E-state index >= 15 is 0 Å². The molecule has 1 amide bonds. The second-order valence-corrected chi connectivity index (χ2v) is 6.13. The van der Waals surface area contributed by atoms with Crippen LogP contribution in [0.5, 0.6) is 11.5 Å². The van der Waals surface area contributed by atoms with Crippen LogP contribution in [0, 0.1) is 6.92 Å². The largest absolute Gasteiger partial charge is 0.506 e. The number of hydrogen-bond acceptors (Lipinski definition) is 3. The highest BCUT2D eigenvalue weighted by atomic mass is 35.5. The zero-order valence-corrected chi connectivity index (χ0v) is 14.1. The summed E-state index contributed by atoms with van der Waals surface area (Å²) in [7, 11) is 0. The molecule has 0 bridgehead atoms. The zero-order valence-electron chi connectivity index (χ0n) is 13.4. The fourth-order valence-electron chi connectivity index (χ4n) is 2.18. The van der Waals surface area contributed by atoms with E-state index in [4.69, 9.17) is 16.3 Å². The Hall–Kier alpha value is -2.20. The Morgan fingerprint density at radius 3 is 2.70 bits per heavy atom. The van der Waals surface area contributed by atoms with Gasteiger partial charge in [0.05, 0.1) is 5.69 Å². The van der Waals surface area contributed by atoms with E-state index in [0.717, 1.165) is 11.1 Å². The lowest BCUT2D eigenvalue weighted by atomic mass is 10.0. The predicted octanol–water partition coefficient (Wildman–Crippen LogP) is 4.49. The Morgan fingerprint density at radius 2 is 2.00 bits per heavy atom. The molecule has 0 radical (unpaired) electrons. The molecule has 0 aromatic heterocycles. The molecule has 0 spiro atoms. The summed E-state index contributed by atoms with van der Waals surface area (Å²) < 4.78 is 5.66. The van der Waals surface area contributed by atoms with Crippen molar-refractivity contribution in [1.29, 1.82) is 0 Å². The first-order valence-electron chi connectivity index (χ1n) is 7.38. The lowest BCUT2D eigenvalue weighted by molar-refractivity contribution is -0.118. The number of carbonyl (C=O) groups is 1. The minimum Gasteiger partial charge on any atom is -0.506 e. The molecule has 2 rings (SSSR count). The third-order valence-electron chi connectivity index (χ3n) is 3.38. The van der Waals surface area contributed by atoms with Crippen molar-refractivity contribution in [3.8, 4) is 11.5 Å². The summed E-state index contributed by atoms with van der Waals surface area (Å²) in [6.45, 7) is 5.97. The van der Waals surface area contributed by atoms with Gasteiger partial charge in [-0.05, 0) is 48.2 Å². The van der Waals surface area contributed by atoms with E-state index in [1.807, 2.05) is 25.1 Å². The molecule has 2 N–H and O–H groups in total. The lowest BCUT2D eigenvalue weighted by Gasteiger charge is -2.15. The fourth-order valence-corrected chi connectivity index (χ4v) is 2.35. The number of nitrogens with one attached hydrogen (secondary N) is 1. The van der Waals surface area contributed by atoms with Crippen LogP contribution in [0.1, 0.15) is 30.9 Å². The van der Waals surface area contributed by atoms with E-state index in [1.54, 1.807) is 6.07 Å². The van der Waals surface area contributed by atoms with Gasteiger partial charge in [-0.3, -0.25) is 4.79 Å². The maximum atomic E-state index is 12.0. The smallest absolute Gasteiger partial charge is 0.262 e. The van der Waals surface area contributed by atoms with E-state index < -0.39 is 0 Å². The molecule has 0 aliphatic carbocycles. The number of phenolic OH excluding ortho intramolecular Hbond substituents is 1. The van der Waals surface area contributed by atoms with Crippen molar-refractivity contribution in [1.82, 2.24) is 0 Å². The molecule has 2 aromatic rings. The van der Waals surface area contributed by atoms with E-state index in [9.17, 15) is 9.90 Å². The Kier molecular flexibility index (Phi) is 5.50. The first-order valence-corrected chi connectivity index (χ1v) is 7.76. The molecule has 5 heteroatoms. The molecule has 0 heterocycles. The lowest BCUT2D eigenvalue weighted by Crippen LogP contribution is -2.20. The molecule has 0 saturated carbocycles. The number of amides is 1. The third-order valence-corrected chi connectivity index (χ3v) is 3.62. The van der Waals surface area contributed by atoms with Crippen molar-refractivity contribution in [2.24, 2.45) is 0 Å². The summed E-state index contributed by atoms with van der Waals surface area (Å²) in [4.78, 5) is 12.0. The SMILES string of the molecule is Cc1ccc(C(C)C)c(OCC(=O)Nc2cc(Cl)ccc2O)c1. The van der Waals surface area contributed by atoms with Gasteiger partial charge in [-0.15, -0.1) is 0 Å². The second kappa shape index (κ2) is 7.38. The van der Waals surface area contributed by atoms with Crippen molar-refractivity contribution in [3.63, 3.8) is 0 Å². The number of anilines is 1. The van der Waals surface area contributed by atoms with E-state index in [2.05, 4.69) is 19.2 Å². The van der Waals surface area contributed by atoms with Crippen LogP contribution >= 0.6 is 11.6 Å². The van der Waals surface area contributed by atoms with Crippen molar-refractivity contribution >= 4 is 23.2 Å². The number of ether oxygens (including phenoxy) is 1.